The van der Waals surface area contributed by atoms with Gasteiger partial charge in [-0.3, -0.25) is 4.21 Å². The lowest BCUT2D eigenvalue weighted by Crippen LogP contribution is -2.08. The minimum Gasteiger partial charge on any atom is -0.478 e. The van der Waals surface area contributed by atoms with Crippen LogP contribution in [0.4, 0.5) is 0 Å². The summed E-state index contributed by atoms with van der Waals surface area (Å²) in [6.45, 7) is 3.07. The third-order valence-corrected chi connectivity index (χ3v) is 4.20. The Kier molecular flexibility index (Phi) is 6.52. The fraction of sp³-hybridized carbons (Fsp3) is 0.417. The Bertz CT molecular complexity index is 448. The number of hydrogen-bond acceptors (Lipinski definition) is 3. The van der Waals surface area contributed by atoms with Crippen LogP contribution in [0, 0.1) is 0 Å². The number of benzene rings is 1. The van der Waals surface area contributed by atoms with Crippen LogP contribution in [-0.4, -0.2) is 34.3 Å². The van der Waals surface area contributed by atoms with Gasteiger partial charge in [0.1, 0.15) is 0 Å². The molecule has 1 aromatic rings. The third-order valence-electron chi connectivity index (χ3n) is 2.19. The summed E-state index contributed by atoms with van der Waals surface area (Å²) in [5.74, 6) is -0.663. The predicted octanol–water partition coefficient (Wildman–Crippen LogP) is 2.68. The van der Waals surface area contributed by atoms with Crippen LogP contribution in [0.1, 0.15) is 23.7 Å². The predicted molar refractivity (Wildman–Crippen MR) is 73.5 cm³/mol. The molecule has 1 unspecified atom stereocenters. The zero-order valence-corrected chi connectivity index (χ0v) is 12.4. The van der Waals surface area contributed by atoms with Crippen LogP contribution in [0.25, 0.3) is 0 Å². The molecule has 0 aliphatic carbocycles. The number of aromatic carboxylic acids is 1. The van der Waals surface area contributed by atoms with Gasteiger partial charge in [-0.1, -0.05) is 6.92 Å². The van der Waals surface area contributed by atoms with E-state index >= 15 is 0 Å². The maximum Gasteiger partial charge on any atom is 0.336 e. The zero-order valence-electron chi connectivity index (χ0n) is 10.0. The van der Waals surface area contributed by atoms with Gasteiger partial charge >= 0.3 is 5.97 Å². The summed E-state index contributed by atoms with van der Waals surface area (Å²) in [4.78, 5) is 11.5. The third kappa shape index (κ3) is 4.51. The summed E-state index contributed by atoms with van der Waals surface area (Å²) in [7, 11) is -1.23. The average molecular weight is 335 g/mol. The topological polar surface area (TPSA) is 63.6 Å². The second-order valence-electron chi connectivity index (χ2n) is 3.61. The van der Waals surface area contributed by atoms with E-state index in [4.69, 9.17) is 9.84 Å². The highest BCUT2D eigenvalue weighted by Crippen LogP contribution is 2.20. The molecule has 0 saturated heterocycles. The van der Waals surface area contributed by atoms with E-state index in [9.17, 15) is 9.00 Å². The van der Waals surface area contributed by atoms with E-state index < -0.39 is 16.8 Å². The molecule has 0 aliphatic heterocycles. The van der Waals surface area contributed by atoms with E-state index in [1.165, 1.54) is 6.07 Å². The summed E-state index contributed by atoms with van der Waals surface area (Å²) in [5.41, 5.74) is 0.121. The standard InChI is InChI=1S/C12H15BrO4S/c1-2-5-17-6-7-18(16)9-3-4-11(13)10(8-9)12(14)15/h3-4,8H,2,5-7H2,1H3,(H,14,15). The quantitative estimate of drug-likeness (QED) is 0.778. The van der Waals surface area contributed by atoms with Crippen molar-refractivity contribution in [1.29, 1.82) is 0 Å². The molecule has 0 amide bonds. The van der Waals surface area contributed by atoms with Crippen LogP contribution in [0.3, 0.4) is 0 Å². The number of carbonyl (C=O) groups is 1. The summed E-state index contributed by atoms with van der Waals surface area (Å²) in [6, 6.07) is 4.69. The highest BCUT2D eigenvalue weighted by atomic mass is 79.9. The van der Waals surface area contributed by atoms with Crippen molar-refractivity contribution in [2.24, 2.45) is 0 Å². The summed E-state index contributed by atoms with van der Waals surface area (Å²) < 4.78 is 17.7. The first-order valence-corrected chi connectivity index (χ1v) is 7.66. The first-order valence-electron chi connectivity index (χ1n) is 5.55. The van der Waals surface area contributed by atoms with Crippen molar-refractivity contribution in [2.75, 3.05) is 19.0 Å². The number of halogens is 1. The van der Waals surface area contributed by atoms with Gasteiger partial charge in [-0.2, -0.15) is 0 Å². The molecule has 18 heavy (non-hydrogen) atoms. The van der Waals surface area contributed by atoms with E-state index in [0.29, 0.717) is 28.3 Å². The molecule has 0 aliphatic rings. The van der Waals surface area contributed by atoms with Crippen LogP contribution in [0.15, 0.2) is 27.6 Å². The molecular formula is C12H15BrO4S. The molecule has 0 radical (unpaired) electrons. The van der Waals surface area contributed by atoms with Crippen LogP contribution in [-0.2, 0) is 15.5 Å². The molecule has 1 atom stereocenters. The summed E-state index contributed by atoms with van der Waals surface area (Å²) in [6.07, 6.45) is 0.925. The fourth-order valence-electron chi connectivity index (χ4n) is 1.31. The highest BCUT2D eigenvalue weighted by molar-refractivity contribution is 9.10. The number of carboxylic acid groups (broad SMARTS) is 1. The Balaban J connectivity index is 2.68. The second kappa shape index (κ2) is 7.66. The fourth-order valence-corrected chi connectivity index (χ4v) is 2.70. The maximum absolute atomic E-state index is 11.9. The van der Waals surface area contributed by atoms with Crippen LogP contribution >= 0.6 is 15.9 Å². The molecule has 4 nitrogen and oxygen atoms in total. The lowest BCUT2D eigenvalue weighted by Gasteiger charge is -2.05. The first-order chi connectivity index (χ1) is 8.56. The van der Waals surface area contributed by atoms with Crippen molar-refractivity contribution in [2.45, 2.75) is 18.2 Å². The van der Waals surface area contributed by atoms with Crippen LogP contribution in [0.5, 0.6) is 0 Å². The maximum atomic E-state index is 11.9. The van der Waals surface area contributed by atoms with Crippen molar-refractivity contribution >= 4 is 32.7 Å². The molecule has 1 rings (SSSR count). The minimum atomic E-state index is -1.23. The van der Waals surface area contributed by atoms with Crippen LogP contribution in [0.2, 0.25) is 0 Å². The molecule has 0 heterocycles. The van der Waals surface area contributed by atoms with Gasteiger partial charge in [0.05, 0.1) is 28.7 Å². The molecule has 0 fully saturated rings. The molecule has 0 saturated carbocycles. The lowest BCUT2D eigenvalue weighted by atomic mass is 10.2. The molecule has 100 valence electrons. The average Bonchev–Trinajstić information content (AvgIpc) is 2.34. The SMILES string of the molecule is CCCOCCS(=O)c1ccc(Br)c(C(=O)O)c1. The van der Waals surface area contributed by atoms with Gasteiger partial charge in [0, 0.05) is 16.0 Å². The van der Waals surface area contributed by atoms with Gasteiger partial charge < -0.3 is 9.84 Å². The Hall–Kier alpha value is -0.720. The molecular weight excluding hydrogens is 320 g/mol. The van der Waals surface area contributed by atoms with Gasteiger partial charge in [-0.05, 0) is 40.5 Å². The summed E-state index contributed by atoms with van der Waals surface area (Å²) in [5, 5.41) is 8.96. The van der Waals surface area contributed by atoms with Crippen molar-refractivity contribution in [3.05, 3.63) is 28.2 Å². The van der Waals surface area contributed by atoms with Gasteiger partial charge in [-0.15, -0.1) is 0 Å². The Labute approximate surface area is 117 Å². The van der Waals surface area contributed by atoms with Gasteiger partial charge in [0.15, 0.2) is 0 Å². The van der Waals surface area contributed by atoms with Gasteiger partial charge in [-0.25, -0.2) is 4.79 Å². The molecule has 0 bridgehead atoms. The van der Waals surface area contributed by atoms with E-state index in [-0.39, 0.29) is 5.56 Å². The number of hydrogen-bond donors (Lipinski definition) is 1. The van der Waals surface area contributed by atoms with Crippen molar-refractivity contribution < 1.29 is 18.8 Å². The molecule has 1 N–H and O–H groups in total. The number of ether oxygens (including phenoxy) is 1. The van der Waals surface area contributed by atoms with Crippen molar-refractivity contribution in [1.82, 2.24) is 0 Å². The van der Waals surface area contributed by atoms with Crippen molar-refractivity contribution in [3.8, 4) is 0 Å². The number of carboxylic acids is 1. The molecule has 1 aromatic carbocycles. The largest absolute Gasteiger partial charge is 0.478 e. The first kappa shape index (κ1) is 15.3. The van der Waals surface area contributed by atoms with E-state index in [2.05, 4.69) is 15.9 Å². The highest BCUT2D eigenvalue weighted by Gasteiger charge is 2.12. The monoisotopic (exact) mass is 334 g/mol. The van der Waals surface area contributed by atoms with E-state index in [1.54, 1.807) is 12.1 Å². The smallest absolute Gasteiger partial charge is 0.336 e. The van der Waals surface area contributed by atoms with E-state index in [0.717, 1.165) is 6.42 Å². The minimum absolute atomic E-state index is 0.121. The number of rotatable bonds is 7. The van der Waals surface area contributed by atoms with Crippen molar-refractivity contribution in [3.63, 3.8) is 0 Å². The van der Waals surface area contributed by atoms with Gasteiger partial charge in [0.2, 0.25) is 0 Å². The Morgan fingerprint density at radius 1 is 1.44 bits per heavy atom. The summed E-state index contributed by atoms with van der Waals surface area (Å²) >= 11 is 3.15. The van der Waals surface area contributed by atoms with Crippen LogP contribution < -0.4 is 0 Å². The second-order valence-corrected chi connectivity index (χ2v) is 6.03. The van der Waals surface area contributed by atoms with E-state index in [1.807, 2.05) is 6.92 Å². The molecule has 6 heteroatoms. The normalized spacial score (nSPS) is 12.3. The van der Waals surface area contributed by atoms with Gasteiger partial charge in [0.25, 0.3) is 0 Å². The molecule has 0 spiro atoms. The lowest BCUT2D eigenvalue weighted by molar-refractivity contribution is 0.0695. The zero-order chi connectivity index (χ0) is 13.5. The molecule has 0 aromatic heterocycles. The Morgan fingerprint density at radius 2 is 2.17 bits per heavy atom. The Morgan fingerprint density at radius 3 is 2.78 bits per heavy atom.